The summed E-state index contributed by atoms with van der Waals surface area (Å²) < 4.78 is 59.4. The first-order chi connectivity index (χ1) is 20.2. The lowest BCUT2D eigenvalue weighted by atomic mass is 9.86. The van der Waals surface area contributed by atoms with E-state index in [1.807, 2.05) is 20.8 Å². The zero-order chi connectivity index (χ0) is 31.5. The molecule has 0 bridgehead atoms. The van der Waals surface area contributed by atoms with Gasteiger partial charge in [0.15, 0.2) is 0 Å². The second-order valence-electron chi connectivity index (χ2n) is 11.9. The van der Waals surface area contributed by atoms with E-state index in [-0.39, 0.29) is 24.2 Å². The largest absolute Gasteiger partial charge is 0.487 e. The normalized spacial score (nSPS) is 17.6. The number of halogens is 6. The van der Waals surface area contributed by atoms with E-state index in [2.05, 4.69) is 16.0 Å². The van der Waals surface area contributed by atoms with Gasteiger partial charge in [-0.05, 0) is 43.4 Å². The first-order valence-electron chi connectivity index (χ1n) is 14.2. The molecule has 3 aromatic rings. The van der Waals surface area contributed by atoms with E-state index in [1.165, 1.54) is 0 Å². The van der Waals surface area contributed by atoms with Crippen molar-refractivity contribution in [3.05, 3.63) is 45.4 Å². The fourth-order valence-corrected chi connectivity index (χ4v) is 5.56. The van der Waals surface area contributed by atoms with Crippen molar-refractivity contribution in [3.63, 3.8) is 0 Å². The summed E-state index contributed by atoms with van der Waals surface area (Å²) >= 11 is 13.2. The number of hydrogen-bond donors (Lipinski definition) is 3. The van der Waals surface area contributed by atoms with Gasteiger partial charge in [-0.1, -0.05) is 50.0 Å². The molecule has 1 aliphatic carbocycles. The third kappa shape index (κ3) is 8.25. The molecule has 236 valence electrons. The molecule has 0 aliphatic heterocycles. The minimum absolute atomic E-state index is 0.0411. The Balaban J connectivity index is 1.57. The summed E-state index contributed by atoms with van der Waals surface area (Å²) in [5, 5.41) is 10.1. The van der Waals surface area contributed by atoms with Gasteiger partial charge in [-0.15, -0.1) is 0 Å². The lowest BCUT2D eigenvalue weighted by Gasteiger charge is -2.29. The molecule has 1 aliphatic rings. The number of rotatable bonds is 11. The number of alkyl halides is 4. The third-order valence-electron chi connectivity index (χ3n) is 7.67. The molecule has 1 saturated carbocycles. The molecule has 1 heterocycles. The van der Waals surface area contributed by atoms with Crippen molar-refractivity contribution in [1.29, 1.82) is 0 Å². The molecule has 1 aromatic heterocycles. The molecule has 1 amide bonds. The number of carbonyl (C=O) groups excluding carboxylic acids is 1. The van der Waals surface area contributed by atoms with Gasteiger partial charge in [0.2, 0.25) is 18.3 Å². The van der Waals surface area contributed by atoms with Crippen molar-refractivity contribution in [3.8, 4) is 5.75 Å². The zero-order valence-corrected chi connectivity index (χ0v) is 26.1. The quantitative estimate of drug-likeness (QED) is 0.185. The number of ether oxygens (including phenoxy) is 1. The van der Waals surface area contributed by atoms with Crippen molar-refractivity contribution in [2.45, 2.75) is 78.4 Å². The van der Waals surface area contributed by atoms with Gasteiger partial charge in [-0.25, -0.2) is 22.5 Å². The average Bonchev–Trinajstić information content (AvgIpc) is 3.25. The second-order valence-corrected chi connectivity index (χ2v) is 12.7. The summed E-state index contributed by atoms with van der Waals surface area (Å²) in [6.07, 6.45) is -2.87. The number of benzene rings is 2. The molecule has 4 rings (SSSR count). The Labute approximate surface area is 258 Å². The summed E-state index contributed by atoms with van der Waals surface area (Å²) in [5.41, 5.74) is 2.32. The predicted molar refractivity (Wildman–Crippen MR) is 162 cm³/mol. The molecule has 0 saturated heterocycles. The highest BCUT2D eigenvalue weighted by Gasteiger charge is 2.27. The molecule has 0 unspecified atom stereocenters. The molecule has 0 radical (unpaired) electrons. The van der Waals surface area contributed by atoms with E-state index < -0.39 is 30.8 Å². The molecule has 0 atom stereocenters. The fourth-order valence-electron chi connectivity index (χ4n) is 5.03. The lowest BCUT2D eigenvalue weighted by molar-refractivity contribution is -0.128. The van der Waals surface area contributed by atoms with Gasteiger partial charge in [-0.3, -0.25) is 4.79 Å². The van der Waals surface area contributed by atoms with Crippen LogP contribution in [-0.4, -0.2) is 41.0 Å². The predicted octanol–water partition coefficient (Wildman–Crippen LogP) is 7.84. The van der Waals surface area contributed by atoms with Crippen molar-refractivity contribution < 1.29 is 27.1 Å². The number of nitrogens with zero attached hydrogens (tertiary/aromatic N) is 2. The number of hydrogen-bond acceptors (Lipinski definition) is 5. The van der Waals surface area contributed by atoms with Crippen molar-refractivity contribution >= 4 is 51.8 Å². The topological polar surface area (TPSA) is 80.2 Å². The number of amides is 1. The lowest BCUT2D eigenvalue weighted by Crippen LogP contribution is -2.34. The van der Waals surface area contributed by atoms with Gasteiger partial charge in [0, 0.05) is 49.1 Å². The highest BCUT2D eigenvalue weighted by Crippen LogP contribution is 2.37. The van der Waals surface area contributed by atoms with Gasteiger partial charge in [-0.2, -0.15) is 0 Å². The van der Waals surface area contributed by atoms with Crippen LogP contribution in [0.25, 0.3) is 11.0 Å². The number of anilines is 2. The van der Waals surface area contributed by atoms with E-state index in [9.17, 15) is 22.4 Å². The molecule has 0 spiro atoms. The van der Waals surface area contributed by atoms with Crippen molar-refractivity contribution in [2.75, 3.05) is 11.9 Å². The number of nitrogens with one attached hydrogen (secondary N) is 3. The second kappa shape index (κ2) is 13.9. The number of aromatic nitrogens is 2. The SMILES string of the molecule is Cn1c(Nc2c(Cl)ccc(CNC(=O)C(C)(C)C)c2Cl)nc2cc(CNC3CCC(C(F)F)CC3)c(OCC(F)F)cc21. The maximum Gasteiger partial charge on any atom is 0.272 e. The van der Waals surface area contributed by atoms with Gasteiger partial charge >= 0.3 is 0 Å². The first-order valence-corrected chi connectivity index (χ1v) is 14.9. The monoisotopic (exact) mass is 645 g/mol. The van der Waals surface area contributed by atoms with Crippen molar-refractivity contribution in [2.24, 2.45) is 18.4 Å². The van der Waals surface area contributed by atoms with E-state index in [0.717, 1.165) is 0 Å². The average molecular weight is 647 g/mol. The Hall–Kier alpha value is -2.76. The minimum Gasteiger partial charge on any atom is -0.487 e. The molecule has 3 N–H and O–H groups in total. The van der Waals surface area contributed by atoms with Gasteiger partial charge in [0.25, 0.3) is 6.43 Å². The van der Waals surface area contributed by atoms with Crippen LogP contribution in [0.15, 0.2) is 24.3 Å². The van der Waals surface area contributed by atoms with Crippen molar-refractivity contribution in [1.82, 2.24) is 20.2 Å². The summed E-state index contributed by atoms with van der Waals surface area (Å²) in [6.45, 7) is 5.18. The van der Waals surface area contributed by atoms with Crippen LogP contribution in [0.5, 0.6) is 5.75 Å². The number of fused-ring (bicyclic) bond motifs is 1. The van der Waals surface area contributed by atoms with E-state index in [0.29, 0.717) is 76.1 Å². The van der Waals surface area contributed by atoms with E-state index >= 15 is 0 Å². The first kappa shape index (κ1) is 33.1. The van der Waals surface area contributed by atoms with Crippen LogP contribution in [0.3, 0.4) is 0 Å². The fraction of sp³-hybridized carbons (Fsp3) is 0.533. The van der Waals surface area contributed by atoms with E-state index in [1.54, 1.807) is 35.9 Å². The maximum atomic E-state index is 13.1. The number of aryl methyl sites for hydroxylation is 1. The standard InChI is InChI=1S/C30H37Cl2F4N5O2/c1-30(2,3)28(42)38-13-17-7-10-20(31)26(25(17)32)40-29-39-21-11-18(14-37-19-8-5-16(6-9-19)27(35)36)23(43-15-24(33)34)12-22(21)41(29)4/h7,10-12,16,19,24,27,37H,5-6,8-9,13-15H2,1-4H3,(H,38,42)(H,39,40). The molecule has 2 aromatic carbocycles. The van der Waals surface area contributed by atoms with Crippen LogP contribution in [0.4, 0.5) is 29.2 Å². The molecule has 7 nitrogen and oxygen atoms in total. The van der Waals surface area contributed by atoms with Crippen LogP contribution < -0.4 is 20.7 Å². The summed E-state index contributed by atoms with van der Waals surface area (Å²) in [4.78, 5) is 17.1. The molecule has 13 heteroatoms. The number of imidazole rings is 1. The molecular formula is C30H37Cl2F4N5O2. The van der Waals surface area contributed by atoms with Crippen LogP contribution in [0, 0.1) is 11.3 Å². The molecule has 43 heavy (non-hydrogen) atoms. The van der Waals surface area contributed by atoms with E-state index in [4.69, 9.17) is 32.9 Å². The summed E-state index contributed by atoms with van der Waals surface area (Å²) in [7, 11) is 1.75. The van der Waals surface area contributed by atoms with Gasteiger partial charge in [0.05, 0.1) is 26.8 Å². The molecular weight excluding hydrogens is 609 g/mol. The zero-order valence-electron chi connectivity index (χ0n) is 24.5. The smallest absolute Gasteiger partial charge is 0.272 e. The Kier molecular flexibility index (Phi) is 10.7. The molecule has 1 fully saturated rings. The van der Waals surface area contributed by atoms with Crippen LogP contribution in [0.2, 0.25) is 10.0 Å². The van der Waals surface area contributed by atoms with Crippen LogP contribution in [-0.2, 0) is 24.9 Å². The Morgan fingerprint density at radius 3 is 2.40 bits per heavy atom. The Bertz CT molecular complexity index is 1440. The van der Waals surface area contributed by atoms with Gasteiger partial charge < -0.3 is 25.3 Å². The highest BCUT2D eigenvalue weighted by molar-refractivity contribution is 6.39. The summed E-state index contributed by atoms with van der Waals surface area (Å²) in [5.74, 6) is -0.0308. The Morgan fingerprint density at radius 1 is 1.07 bits per heavy atom. The van der Waals surface area contributed by atoms with Crippen LogP contribution in [0.1, 0.15) is 57.6 Å². The third-order valence-corrected chi connectivity index (χ3v) is 8.41. The summed E-state index contributed by atoms with van der Waals surface area (Å²) in [6, 6.07) is 6.87. The number of carbonyl (C=O) groups is 1. The minimum atomic E-state index is -2.66. The van der Waals surface area contributed by atoms with Gasteiger partial charge in [0.1, 0.15) is 12.4 Å². The van der Waals surface area contributed by atoms with Crippen LogP contribution >= 0.6 is 23.2 Å². The Morgan fingerprint density at radius 2 is 1.77 bits per heavy atom. The highest BCUT2D eigenvalue weighted by atomic mass is 35.5. The maximum absolute atomic E-state index is 13.1.